The Morgan fingerprint density at radius 2 is 1.77 bits per heavy atom. The molecule has 1 unspecified atom stereocenters. The Labute approximate surface area is 181 Å². The number of nitrogens with zero attached hydrogens (tertiary/aromatic N) is 1. The second-order valence-corrected chi connectivity index (χ2v) is 7.81. The summed E-state index contributed by atoms with van der Waals surface area (Å²) in [5.41, 5.74) is 2.47. The molecular formula is C26H25NO4. The van der Waals surface area contributed by atoms with Crippen molar-refractivity contribution in [1.82, 2.24) is 4.90 Å². The maximum absolute atomic E-state index is 13.1. The van der Waals surface area contributed by atoms with E-state index in [4.69, 9.17) is 4.74 Å². The van der Waals surface area contributed by atoms with E-state index in [1.807, 2.05) is 67.6 Å². The summed E-state index contributed by atoms with van der Waals surface area (Å²) < 4.78 is 5.12. The molecule has 1 amide bonds. The van der Waals surface area contributed by atoms with Crippen LogP contribution in [-0.4, -0.2) is 42.0 Å². The van der Waals surface area contributed by atoms with E-state index in [0.29, 0.717) is 25.1 Å². The summed E-state index contributed by atoms with van der Waals surface area (Å²) in [7, 11) is 1.60. The lowest BCUT2D eigenvalue weighted by Gasteiger charge is -2.25. The van der Waals surface area contributed by atoms with Crippen molar-refractivity contribution in [3.05, 3.63) is 89.0 Å². The van der Waals surface area contributed by atoms with E-state index in [1.165, 1.54) is 0 Å². The molecule has 4 rings (SSSR count). The molecule has 3 aromatic rings. The normalized spacial score (nSPS) is 18.1. The summed E-state index contributed by atoms with van der Waals surface area (Å²) in [6.45, 7) is 2.81. The number of carbonyl (C=O) groups is 2. The van der Waals surface area contributed by atoms with Gasteiger partial charge in [0.15, 0.2) is 0 Å². The van der Waals surface area contributed by atoms with Gasteiger partial charge < -0.3 is 14.7 Å². The first-order chi connectivity index (χ1) is 15.0. The highest BCUT2D eigenvalue weighted by atomic mass is 16.5. The summed E-state index contributed by atoms with van der Waals surface area (Å²) in [4.78, 5) is 27.5. The van der Waals surface area contributed by atoms with Crippen LogP contribution in [0.1, 0.15) is 29.2 Å². The largest absolute Gasteiger partial charge is 0.507 e. The molecule has 5 nitrogen and oxygen atoms in total. The zero-order chi connectivity index (χ0) is 22.0. The average Bonchev–Trinajstić information content (AvgIpc) is 3.03. The number of benzene rings is 3. The molecule has 1 heterocycles. The van der Waals surface area contributed by atoms with Crippen LogP contribution in [0.3, 0.4) is 0 Å². The maximum Gasteiger partial charge on any atom is 0.295 e. The Hall–Kier alpha value is -3.44. The van der Waals surface area contributed by atoms with Crippen LogP contribution >= 0.6 is 0 Å². The molecule has 0 bridgehead atoms. The number of aryl methyl sites for hydroxylation is 1. The first-order valence-electron chi connectivity index (χ1n) is 10.3. The number of ketones is 1. The molecule has 5 heteroatoms. The molecule has 3 aromatic carbocycles. The fraction of sp³-hybridized carbons (Fsp3) is 0.231. The zero-order valence-corrected chi connectivity index (χ0v) is 17.7. The van der Waals surface area contributed by atoms with E-state index in [1.54, 1.807) is 18.1 Å². The van der Waals surface area contributed by atoms with Gasteiger partial charge in [-0.3, -0.25) is 9.59 Å². The van der Waals surface area contributed by atoms with E-state index in [9.17, 15) is 14.7 Å². The Bertz CT molecular complexity index is 1180. The van der Waals surface area contributed by atoms with E-state index in [2.05, 4.69) is 0 Å². The Morgan fingerprint density at radius 3 is 2.52 bits per heavy atom. The Morgan fingerprint density at radius 1 is 1.00 bits per heavy atom. The summed E-state index contributed by atoms with van der Waals surface area (Å²) in [6, 6.07) is 20.4. The minimum Gasteiger partial charge on any atom is -0.507 e. The van der Waals surface area contributed by atoms with Crippen molar-refractivity contribution in [2.24, 2.45) is 0 Å². The molecule has 1 fully saturated rings. The minimum atomic E-state index is -0.658. The average molecular weight is 415 g/mol. The van der Waals surface area contributed by atoms with Gasteiger partial charge in [0, 0.05) is 25.8 Å². The van der Waals surface area contributed by atoms with Gasteiger partial charge in [-0.2, -0.15) is 0 Å². The number of ether oxygens (including phenoxy) is 1. The molecular weight excluding hydrogens is 390 g/mol. The Kier molecular flexibility index (Phi) is 5.87. The van der Waals surface area contributed by atoms with Crippen molar-refractivity contribution >= 4 is 28.2 Å². The van der Waals surface area contributed by atoms with Crippen LogP contribution in [0.2, 0.25) is 0 Å². The second kappa shape index (κ2) is 8.74. The predicted octanol–water partition coefficient (Wildman–Crippen LogP) is 4.61. The van der Waals surface area contributed by atoms with Crippen LogP contribution in [0.15, 0.2) is 72.3 Å². The molecule has 1 saturated heterocycles. The number of likely N-dealkylation sites (tertiary alicyclic amines) is 1. The van der Waals surface area contributed by atoms with Crippen molar-refractivity contribution in [2.75, 3.05) is 20.3 Å². The highest BCUT2D eigenvalue weighted by Crippen LogP contribution is 2.40. The summed E-state index contributed by atoms with van der Waals surface area (Å²) >= 11 is 0. The summed E-state index contributed by atoms with van der Waals surface area (Å²) in [6.07, 6.45) is 0.599. The SMILES string of the molecule is COCCCN1C(=O)C(=O)/C(=C(\O)c2ccc3ccccc3c2)C1c1cccc(C)c1. The van der Waals surface area contributed by atoms with Gasteiger partial charge in [-0.15, -0.1) is 0 Å². The lowest BCUT2D eigenvalue weighted by atomic mass is 9.93. The first kappa shape index (κ1) is 20.8. The highest BCUT2D eigenvalue weighted by Gasteiger charge is 2.45. The topological polar surface area (TPSA) is 66.8 Å². The van der Waals surface area contributed by atoms with Crippen molar-refractivity contribution in [3.63, 3.8) is 0 Å². The van der Waals surface area contributed by atoms with Crippen molar-refractivity contribution in [1.29, 1.82) is 0 Å². The fourth-order valence-corrected chi connectivity index (χ4v) is 4.17. The molecule has 0 spiro atoms. The molecule has 1 atom stereocenters. The monoisotopic (exact) mass is 415 g/mol. The number of fused-ring (bicyclic) bond motifs is 1. The lowest BCUT2D eigenvalue weighted by Crippen LogP contribution is -2.31. The third kappa shape index (κ3) is 3.97. The van der Waals surface area contributed by atoms with Crippen LogP contribution in [0, 0.1) is 6.92 Å². The van der Waals surface area contributed by atoms with Gasteiger partial charge in [0.05, 0.1) is 11.6 Å². The molecule has 1 N–H and O–H groups in total. The van der Waals surface area contributed by atoms with E-state index in [0.717, 1.165) is 21.9 Å². The van der Waals surface area contributed by atoms with Gasteiger partial charge in [-0.1, -0.05) is 66.2 Å². The maximum atomic E-state index is 13.1. The lowest BCUT2D eigenvalue weighted by molar-refractivity contribution is -0.140. The number of Topliss-reactive ketones (excluding diaryl/α,β-unsaturated/α-hetero) is 1. The third-order valence-corrected chi connectivity index (χ3v) is 5.67. The standard InChI is InChI=1S/C26H25NO4/c1-17-7-5-10-20(15-17)23-22(25(29)26(30)27(23)13-6-14-31-2)24(28)21-12-11-18-8-3-4-9-19(18)16-21/h3-5,7-12,15-16,23,28H,6,13-14H2,1-2H3/b24-22-. The smallest absolute Gasteiger partial charge is 0.295 e. The van der Waals surface area contributed by atoms with Gasteiger partial charge in [0.25, 0.3) is 11.7 Å². The van der Waals surface area contributed by atoms with Crippen molar-refractivity contribution in [2.45, 2.75) is 19.4 Å². The van der Waals surface area contributed by atoms with Gasteiger partial charge in [-0.25, -0.2) is 0 Å². The van der Waals surface area contributed by atoms with Gasteiger partial charge in [0.1, 0.15) is 5.76 Å². The summed E-state index contributed by atoms with van der Waals surface area (Å²) in [5, 5.41) is 13.2. The molecule has 158 valence electrons. The van der Waals surface area contributed by atoms with Gasteiger partial charge in [0.2, 0.25) is 0 Å². The number of carbonyl (C=O) groups excluding carboxylic acids is 2. The molecule has 1 aliphatic rings. The third-order valence-electron chi connectivity index (χ3n) is 5.67. The van der Waals surface area contributed by atoms with Gasteiger partial charge in [-0.05, 0) is 35.7 Å². The molecule has 0 saturated carbocycles. The number of aliphatic hydroxyl groups is 1. The zero-order valence-electron chi connectivity index (χ0n) is 17.7. The number of hydrogen-bond acceptors (Lipinski definition) is 4. The number of aliphatic hydroxyl groups excluding tert-OH is 1. The van der Waals surface area contributed by atoms with Crippen molar-refractivity contribution in [3.8, 4) is 0 Å². The van der Waals surface area contributed by atoms with E-state index >= 15 is 0 Å². The van der Waals surface area contributed by atoms with E-state index < -0.39 is 17.7 Å². The van der Waals surface area contributed by atoms with Crippen molar-refractivity contribution < 1.29 is 19.4 Å². The Balaban J connectivity index is 1.85. The van der Waals surface area contributed by atoms with Gasteiger partial charge >= 0.3 is 0 Å². The minimum absolute atomic E-state index is 0.128. The van der Waals surface area contributed by atoms with Crippen LogP contribution in [0.5, 0.6) is 0 Å². The summed E-state index contributed by atoms with van der Waals surface area (Å²) in [5.74, 6) is -1.40. The van der Waals surface area contributed by atoms with E-state index in [-0.39, 0.29) is 11.3 Å². The highest BCUT2D eigenvalue weighted by molar-refractivity contribution is 6.46. The molecule has 31 heavy (non-hydrogen) atoms. The fourth-order valence-electron chi connectivity index (χ4n) is 4.17. The number of amides is 1. The molecule has 0 aromatic heterocycles. The van der Waals surface area contributed by atoms with Crippen LogP contribution in [0.25, 0.3) is 16.5 Å². The second-order valence-electron chi connectivity index (χ2n) is 7.81. The number of hydrogen-bond donors (Lipinski definition) is 1. The van der Waals surface area contributed by atoms with Crippen LogP contribution in [0.4, 0.5) is 0 Å². The number of methoxy groups -OCH3 is 1. The molecule has 0 radical (unpaired) electrons. The van der Waals surface area contributed by atoms with Crippen LogP contribution < -0.4 is 0 Å². The number of rotatable bonds is 6. The molecule has 1 aliphatic heterocycles. The van der Waals surface area contributed by atoms with Crippen LogP contribution in [-0.2, 0) is 14.3 Å². The first-order valence-corrected chi connectivity index (χ1v) is 10.3. The molecule has 0 aliphatic carbocycles. The quantitative estimate of drug-likeness (QED) is 0.276. The predicted molar refractivity (Wildman–Crippen MR) is 121 cm³/mol.